The van der Waals surface area contributed by atoms with Gasteiger partial charge in [0.05, 0.1) is 0 Å². The minimum atomic E-state index is -0.280. The van der Waals surface area contributed by atoms with E-state index in [4.69, 9.17) is 0 Å². The van der Waals surface area contributed by atoms with E-state index in [0.717, 1.165) is 0 Å². The third kappa shape index (κ3) is 2.03. The molecule has 1 rings (SSSR count). The van der Waals surface area contributed by atoms with Crippen LogP contribution in [-0.4, -0.2) is 24.1 Å². The molecule has 0 aliphatic carbocycles. The second-order valence-corrected chi connectivity index (χ2v) is 2.41. The Morgan fingerprint density at radius 1 is 1.64 bits per heavy atom. The van der Waals surface area contributed by atoms with Crippen LogP contribution >= 0.6 is 0 Å². The van der Waals surface area contributed by atoms with E-state index < -0.39 is 0 Å². The van der Waals surface area contributed by atoms with Crippen LogP contribution in [-0.2, 0) is 4.79 Å². The quantitative estimate of drug-likeness (QED) is 0.569. The zero-order valence-corrected chi connectivity index (χ0v) is 6.40. The largest absolute Gasteiger partial charge is 0.347 e. The first kappa shape index (κ1) is 7.71. The third-order valence-corrected chi connectivity index (χ3v) is 1.01. The molecule has 1 aliphatic rings. The van der Waals surface area contributed by atoms with Gasteiger partial charge in [0.2, 0.25) is 5.84 Å². The van der Waals surface area contributed by atoms with Crippen molar-refractivity contribution in [2.45, 2.75) is 19.9 Å². The Labute approximate surface area is 64.6 Å². The molecule has 0 aromatic heterocycles. The first-order valence-corrected chi connectivity index (χ1v) is 3.31. The lowest BCUT2D eigenvalue weighted by atomic mass is 10.4. The highest BCUT2D eigenvalue weighted by molar-refractivity contribution is 6.39. The standard InChI is InChI=1S/C6H9N4O/c1-4(2)9-6(11)5-7-3-8-10-5/h3-4H,1-2H3,(H,9,11). The molecule has 11 heavy (non-hydrogen) atoms. The predicted molar refractivity (Wildman–Crippen MR) is 41.3 cm³/mol. The van der Waals surface area contributed by atoms with Gasteiger partial charge in [-0.25, -0.2) is 4.99 Å². The number of carbonyl (C=O) groups excluding carboxylic acids is 1. The molecule has 0 aromatic carbocycles. The smallest absolute Gasteiger partial charge is 0.291 e. The lowest BCUT2D eigenvalue weighted by Gasteiger charge is -2.05. The number of hydrogen-bond donors (Lipinski definition) is 1. The number of aliphatic imine (C=N–C) groups is 1. The van der Waals surface area contributed by atoms with Crippen LogP contribution in [0.15, 0.2) is 10.1 Å². The summed E-state index contributed by atoms with van der Waals surface area (Å²) in [5, 5.41) is 6.07. The van der Waals surface area contributed by atoms with Gasteiger partial charge in [-0.1, -0.05) is 0 Å². The second kappa shape index (κ2) is 3.14. The Bertz CT molecular complexity index is 219. The number of hydrogen-bond acceptors (Lipinski definition) is 3. The highest BCUT2D eigenvalue weighted by atomic mass is 16.2. The first-order valence-electron chi connectivity index (χ1n) is 3.31. The Morgan fingerprint density at radius 3 is 2.82 bits per heavy atom. The second-order valence-electron chi connectivity index (χ2n) is 2.41. The number of nitrogens with zero attached hydrogens (tertiary/aromatic N) is 3. The van der Waals surface area contributed by atoms with E-state index in [1.165, 1.54) is 6.34 Å². The highest BCUT2D eigenvalue weighted by Crippen LogP contribution is 1.86. The summed E-state index contributed by atoms with van der Waals surface area (Å²) in [7, 11) is 0. The molecule has 1 radical (unpaired) electrons. The van der Waals surface area contributed by atoms with Gasteiger partial charge in [0, 0.05) is 6.04 Å². The van der Waals surface area contributed by atoms with Gasteiger partial charge in [0.15, 0.2) is 0 Å². The average molecular weight is 153 g/mol. The maximum absolute atomic E-state index is 11.0. The predicted octanol–water partition coefficient (Wildman–Crippen LogP) is -0.529. The van der Waals surface area contributed by atoms with Crippen molar-refractivity contribution in [2.75, 3.05) is 0 Å². The van der Waals surface area contributed by atoms with Crippen molar-refractivity contribution in [1.82, 2.24) is 10.7 Å². The lowest BCUT2D eigenvalue weighted by molar-refractivity contribution is -0.115. The summed E-state index contributed by atoms with van der Waals surface area (Å²) in [6.45, 7) is 3.74. The summed E-state index contributed by atoms with van der Waals surface area (Å²) in [4.78, 5) is 14.7. The fraction of sp³-hybridized carbons (Fsp3) is 0.500. The van der Waals surface area contributed by atoms with Gasteiger partial charge < -0.3 is 5.32 Å². The van der Waals surface area contributed by atoms with Crippen LogP contribution in [0.4, 0.5) is 0 Å². The van der Waals surface area contributed by atoms with Crippen molar-refractivity contribution in [3.8, 4) is 0 Å². The van der Waals surface area contributed by atoms with E-state index in [2.05, 4.69) is 20.8 Å². The van der Waals surface area contributed by atoms with Crippen LogP contribution in [0.5, 0.6) is 0 Å². The number of rotatable bonds is 2. The van der Waals surface area contributed by atoms with Gasteiger partial charge in [-0.05, 0) is 13.8 Å². The van der Waals surface area contributed by atoms with Crippen molar-refractivity contribution >= 4 is 18.1 Å². The van der Waals surface area contributed by atoms with Crippen molar-refractivity contribution in [1.29, 1.82) is 0 Å². The Morgan fingerprint density at radius 2 is 2.36 bits per heavy atom. The van der Waals surface area contributed by atoms with Crippen molar-refractivity contribution in [3.63, 3.8) is 0 Å². The zero-order valence-electron chi connectivity index (χ0n) is 6.40. The molecule has 1 aliphatic heterocycles. The SMILES string of the molecule is CC(C)NC(=O)C1=NC=N[N]1. The molecule has 0 bridgehead atoms. The average Bonchev–Trinajstić information content (AvgIpc) is 2.35. The molecule has 0 spiro atoms. The molecule has 0 aromatic rings. The number of carbonyl (C=O) groups is 1. The number of amides is 1. The Kier molecular flexibility index (Phi) is 2.20. The van der Waals surface area contributed by atoms with Gasteiger partial charge in [0.1, 0.15) is 6.34 Å². The van der Waals surface area contributed by atoms with Gasteiger partial charge in [-0.15, -0.1) is 10.5 Å². The van der Waals surface area contributed by atoms with Crippen molar-refractivity contribution < 1.29 is 4.79 Å². The van der Waals surface area contributed by atoms with E-state index >= 15 is 0 Å². The molecule has 5 nitrogen and oxygen atoms in total. The monoisotopic (exact) mass is 153 g/mol. The molecule has 1 heterocycles. The summed E-state index contributed by atoms with van der Waals surface area (Å²) < 4.78 is 0. The van der Waals surface area contributed by atoms with Crippen molar-refractivity contribution in [3.05, 3.63) is 0 Å². The topological polar surface area (TPSA) is 67.9 Å². The summed E-state index contributed by atoms with van der Waals surface area (Å²) in [5.41, 5.74) is 3.50. The lowest BCUT2D eigenvalue weighted by Crippen LogP contribution is -2.38. The molecule has 0 saturated heterocycles. The van der Waals surface area contributed by atoms with E-state index in [-0.39, 0.29) is 17.8 Å². The molecule has 1 amide bonds. The first-order chi connectivity index (χ1) is 5.20. The zero-order chi connectivity index (χ0) is 8.27. The molecular formula is C6H9N4O. The third-order valence-electron chi connectivity index (χ3n) is 1.01. The van der Waals surface area contributed by atoms with Gasteiger partial charge in [0.25, 0.3) is 5.91 Å². The Balaban J connectivity index is 2.43. The minimum absolute atomic E-state index is 0.0981. The molecule has 0 unspecified atom stereocenters. The van der Waals surface area contributed by atoms with Crippen molar-refractivity contribution in [2.24, 2.45) is 10.1 Å². The van der Waals surface area contributed by atoms with E-state index in [9.17, 15) is 4.79 Å². The maximum atomic E-state index is 11.0. The van der Waals surface area contributed by atoms with E-state index in [1.54, 1.807) is 0 Å². The van der Waals surface area contributed by atoms with Crippen LogP contribution in [0.25, 0.3) is 0 Å². The summed E-state index contributed by atoms with van der Waals surface area (Å²) in [6, 6.07) is 0.0981. The molecule has 5 heteroatoms. The molecule has 0 saturated carbocycles. The number of nitrogens with one attached hydrogen (secondary N) is 1. The van der Waals surface area contributed by atoms with Crippen LogP contribution in [0.2, 0.25) is 0 Å². The fourth-order valence-electron chi connectivity index (χ4n) is 0.618. The summed E-state index contributed by atoms with van der Waals surface area (Å²) in [5.74, 6) is -0.156. The van der Waals surface area contributed by atoms with Gasteiger partial charge in [-0.2, -0.15) is 0 Å². The Hall–Kier alpha value is -1.39. The highest BCUT2D eigenvalue weighted by Gasteiger charge is 2.14. The van der Waals surface area contributed by atoms with Crippen LogP contribution in [0.3, 0.4) is 0 Å². The molecule has 0 atom stereocenters. The number of amidine groups is 1. The molecular weight excluding hydrogens is 144 g/mol. The minimum Gasteiger partial charge on any atom is -0.347 e. The maximum Gasteiger partial charge on any atom is 0.291 e. The van der Waals surface area contributed by atoms with E-state index in [0.29, 0.717) is 0 Å². The molecule has 0 fully saturated rings. The van der Waals surface area contributed by atoms with Crippen LogP contribution < -0.4 is 10.7 Å². The van der Waals surface area contributed by atoms with Gasteiger partial charge in [-0.3, -0.25) is 4.79 Å². The summed E-state index contributed by atoms with van der Waals surface area (Å²) in [6.07, 6.45) is 1.25. The normalized spacial score (nSPS) is 14.6. The van der Waals surface area contributed by atoms with Crippen LogP contribution in [0.1, 0.15) is 13.8 Å². The van der Waals surface area contributed by atoms with Gasteiger partial charge >= 0.3 is 0 Å². The van der Waals surface area contributed by atoms with E-state index in [1.807, 2.05) is 13.8 Å². The van der Waals surface area contributed by atoms with Crippen LogP contribution in [0, 0.1) is 0 Å². The molecule has 59 valence electrons. The summed E-state index contributed by atoms with van der Waals surface area (Å²) >= 11 is 0. The fourth-order valence-corrected chi connectivity index (χ4v) is 0.618. The molecule has 1 N–H and O–H groups in total.